The lowest BCUT2D eigenvalue weighted by Crippen LogP contribution is -2.51. The number of aliphatic hydroxyl groups is 1. The van der Waals surface area contributed by atoms with Crippen LogP contribution >= 0.6 is 0 Å². The molecule has 1 saturated carbocycles. The molecule has 1 amide bonds. The number of amides is 1. The predicted molar refractivity (Wildman–Crippen MR) is 66.6 cm³/mol. The minimum absolute atomic E-state index is 0.0137. The van der Waals surface area contributed by atoms with Crippen molar-refractivity contribution < 1.29 is 9.90 Å². The number of rotatable bonds is 2. The van der Waals surface area contributed by atoms with Gasteiger partial charge in [0, 0.05) is 6.04 Å². The van der Waals surface area contributed by atoms with Crippen molar-refractivity contribution in [2.24, 2.45) is 5.92 Å². The molecule has 98 valence electrons. The van der Waals surface area contributed by atoms with E-state index in [-0.39, 0.29) is 24.1 Å². The predicted octanol–water partition coefficient (Wildman–Crippen LogP) is 0.794. The van der Waals surface area contributed by atoms with Gasteiger partial charge in [-0.1, -0.05) is 13.3 Å². The van der Waals surface area contributed by atoms with E-state index in [1.165, 1.54) is 6.42 Å². The SMILES string of the molecule is C[C@H]1CC[C@H](NC(=O)[C@H]2CCCCN2)C[C@@H]1O. The molecule has 0 aromatic heterocycles. The molecule has 4 nitrogen and oxygen atoms in total. The summed E-state index contributed by atoms with van der Waals surface area (Å²) in [5, 5.41) is 16.1. The summed E-state index contributed by atoms with van der Waals surface area (Å²) in [6.07, 6.45) is 5.70. The molecule has 2 fully saturated rings. The molecule has 4 heteroatoms. The van der Waals surface area contributed by atoms with Crippen molar-refractivity contribution >= 4 is 5.91 Å². The Balaban J connectivity index is 1.78. The zero-order valence-electron chi connectivity index (χ0n) is 10.6. The monoisotopic (exact) mass is 240 g/mol. The first-order valence-corrected chi connectivity index (χ1v) is 6.88. The Bertz CT molecular complexity index is 264. The maximum absolute atomic E-state index is 12.0. The van der Waals surface area contributed by atoms with Crippen LogP contribution in [0.5, 0.6) is 0 Å². The minimum Gasteiger partial charge on any atom is -0.393 e. The number of hydrogen-bond acceptors (Lipinski definition) is 3. The molecule has 3 N–H and O–H groups in total. The molecule has 1 saturated heterocycles. The lowest BCUT2D eigenvalue weighted by molar-refractivity contribution is -0.125. The van der Waals surface area contributed by atoms with E-state index >= 15 is 0 Å². The summed E-state index contributed by atoms with van der Waals surface area (Å²) in [6, 6.07) is 0.151. The van der Waals surface area contributed by atoms with Crippen molar-refractivity contribution in [2.45, 2.75) is 63.6 Å². The topological polar surface area (TPSA) is 61.4 Å². The molecule has 0 spiro atoms. The molecule has 1 aliphatic carbocycles. The molecule has 2 rings (SSSR count). The Morgan fingerprint density at radius 1 is 1.29 bits per heavy atom. The smallest absolute Gasteiger partial charge is 0.237 e. The van der Waals surface area contributed by atoms with Crippen molar-refractivity contribution in [2.75, 3.05) is 6.54 Å². The zero-order chi connectivity index (χ0) is 12.3. The van der Waals surface area contributed by atoms with Crippen LogP contribution in [-0.2, 0) is 4.79 Å². The molecule has 0 aromatic carbocycles. The van der Waals surface area contributed by atoms with E-state index in [1.54, 1.807) is 0 Å². The summed E-state index contributed by atoms with van der Waals surface area (Å²) < 4.78 is 0. The molecule has 1 heterocycles. The van der Waals surface area contributed by atoms with Gasteiger partial charge in [-0.05, 0) is 44.6 Å². The standard InChI is InChI=1S/C13H24N2O2/c1-9-5-6-10(8-12(9)16)15-13(17)11-4-2-3-7-14-11/h9-12,14,16H,2-8H2,1H3,(H,15,17)/t9-,10-,11+,12-/m0/s1. The molecular formula is C13H24N2O2. The summed E-state index contributed by atoms with van der Waals surface area (Å²) in [5.41, 5.74) is 0. The van der Waals surface area contributed by atoms with E-state index in [0.29, 0.717) is 12.3 Å². The summed E-state index contributed by atoms with van der Waals surface area (Å²) in [6.45, 7) is 3.02. The van der Waals surface area contributed by atoms with Crippen molar-refractivity contribution in [1.82, 2.24) is 10.6 Å². The fourth-order valence-corrected chi connectivity index (χ4v) is 2.81. The second kappa shape index (κ2) is 5.83. The highest BCUT2D eigenvalue weighted by molar-refractivity contribution is 5.82. The van der Waals surface area contributed by atoms with E-state index in [0.717, 1.165) is 32.2 Å². The molecule has 0 radical (unpaired) electrons. The fraction of sp³-hybridized carbons (Fsp3) is 0.923. The Hall–Kier alpha value is -0.610. The maximum atomic E-state index is 12.0. The Morgan fingerprint density at radius 2 is 2.12 bits per heavy atom. The van der Waals surface area contributed by atoms with Crippen molar-refractivity contribution in [3.8, 4) is 0 Å². The lowest BCUT2D eigenvalue weighted by atomic mass is 9.84. The van der Waals surface area contributed by atoms with Gasteiger partial charge in [0.1, 0.15) is 0 Å². The summed E-state index contributed by atoms with van der Waals surface area (Å²) in [4.78, 5) is 12.0. The normalized spacial score (nSPS) is 38.7. The van der Waals surface area contributed by atoms with E-state index in [2.05, 4.69) is 17.6 Å². The first kappa shape index (κ1) is 12.8. The highest BCUT2D eigenvalue weighted by atomic mass is 16.3. The Kier molecular flexibility index (Phi) is 4.40. The van der Waals surface area contributed by atoms with Gasteiger partial charge in [0.15, 0.2) is 0 Å². The molecule has 0 bridgehead atoms. The van der Waals surface area contributed by atoms with E-state index in [1.807, 2.05) is 0 Å². The van der Waals surface area contributed by atoms with Crippen LogP contribution < -0.4 is 10.6 Å². The number of carbonyl (C=O) groups is 1. The van der Waals surface area contributed by atoms with Gasteiger partial charge in [0.25, 0.3) is 0 Å². The summed E-state index contributed by atoms with van der Waals surface area (Å²) >= 11 is 0. The number of piperidine rings is 1. The van der Waals surface area contributed by atoms with Crippen LogP contribution in [0.15, 0.2) is 0 Å². The second-order valence-corrected chi connectivity index (χ2v) is 5.57. The van der Waals surface area contributed by atoms with Gasteiger partial charge in [0.2, 0.25) is 5.91 Å². The van der Waals surface area contributed by atoms with Crippen molar-refractivity contribution in [3.05, 3.63) is 0 Å². The van der Waals surface area contributed by atoms with E-state index in [4.69, 9.17) is 0 Å². The number of nitrogens with one attached hydrogen (secondary N) is 2. The van der Waals surface area contributed by atoms with E-state index < -0.39 is 0 Å². The molecule has 1 aliphatic heterocycles. The third-order valence-electron chi connectivity index (χ3n) is 4.13. The fourth-order valence-electron chi connectivity index (χ4n) is 2.81. The Morgan fingerprint density at radius 3 is 2.76 bits per heavy atom. The van der Waals surface area contributed by atoms with Crippen LogP contribution in [0, 0.1) is 5.92 Å². The van der Waals surface area contributed by atoms with Gasteiger partial charge in [0.05, 0.1) is 12.1 Å². The van der Waals surface area contributed by atoms with Gasteiger partial charge in [-0.2, -0.15) is 0 Å². The van der Waals surface area contributed by atoms with Crippen LogP contribution in [0.2, 0.25) is 0 Å². The van der Waals surface area contributed by atoms with Gasteiger partial charge >= 0.3 is 0 Å². The van der Waals surface area contributed by atoms with E-state index in [9.17, 15) is 9.90 Å². The summed E-state index contributed by atoms with van der Waals surface area (Å²) in [7, 11) is 0. The summed E-state index contributed by atoms with van der Waals surface area (Å²) in [5.74, 6) is 0.493. The van der Waals surface area contributed by atoms with Gasteiger partial charge in [-0.25, -0.2) is 0 Å². The highest BCUT2D eigenvalue weighted by Gasteiger charge is 2.29. The van der Waals surface area contributed by atoms with Crippen LogP contribution in [0.3, 0.4) is 0 Å². The van der Waals surface area contributed by atoms with Gasteiger partial charge in [-0.3, -0.25) is 4.79 Å². The van der Waals surface area contributed by atoms with Crippen LogP contribution in [0.1, 0.15) is 45.4 Å². The maximum Gasteiger partial charge on any atom is 0.237 e. The van der Waals surface area contributed by atoms with Crippen LogP contribution in [-0.4, -0.2) is 35.7 Å². The van der Waals surface area contributed by atoms with Crippen molar-refractivity contribution in [1.29, 1.82) is 0 Å². The average Bonchev–Trinajstić information content (AvgIpc) is 2.35. The highest BCUT2D eigenvalue weighted by Crippen LogP contribution is 2.24. The number of carbonyl (C=O) groups excluding carboxylic acids is 1. The Labute approximate surface area is 103 Å². The molecule has 4 atom stereocenters. The molecule has 2 aliphatic rings. The third kappa shape index (κ3) is 3.42. The second-order valence-electron chi connectivity index (χ2n) is 5.57. The van der Waals surface area contributed by atoms with Crippen LogP contribution in [0.4, 0.5) is 0 Å². The minimum atomic E-state index is -0.256. The quantitative estimate of drug-likeness (QED) is 0.669. The first-order valence-electron chi connectivity index (χ1n) is 6.88. The number of aliphatic hydroxyl groups excluding tert-OH is 1. The van der Waals surface area contributed by atoms with Gasteiger partial charge < -0.3 is 15.7 Å². The van der Waals surface area contributed by atoms with Gasteiger partial charge in [-0.15, -0.1) is 0 Å². The number of hydrogen-bond donors (Lipinski definition) is 3. The zero-order valence-corrected chi connectivity index (χ0v) is 10.6. The average molecular weight is 240 g/mol. The largest absolute Gasteiger partial charge is 0.393 e. The van der Waals surface area contributed by atoms with Crippen molar-refractivity contribution in [3.63, 3.8) is 0 Å². The molecule has 17 heavy (non-hydrogen) atoms. The third-order valence-corrected chi connectivity index (χ3v) is 4.13. The first-order chi connectivity index (χ1) is 8.16. The lowest BCUT2D eigenvalue weighted by Gasteiger charge is -2.33. The molecule has 0 aromatic rings. The molecule has 0 unspecified atom stereocenters. The molecular weight excluding hydrogens is 216 g/mol. The van der Waals surface area contributed by atoms with Crippen LogP contribution in [0.25, 0.3) is 0 Å².